The summed E-state index contributed by atoms with van der Waals surface area (Å²) in [5.41, 5.74) is 0. The summed E-state index contributed by atoms with van der Waals surface area (Å²) >= 11 is 0. The maximum absolute atomic E-state index is 10.7. The van der Waals surface area contributed by atoms with Crippen LogP contribution in [0.5, 0.6) is 0 Å². The highest BCUT2D eigenvalue weighted by molar-refractivity contribution is 8.71. The first-order valence-electron chi connectivity index (χ1n) is 4.91. The van der Waals surface area contributed by atoms with Crippen LogP contribution in [0.2, 0.25) is 0 Å². The Labute approximate surface area is 90.8 Å². The van der Waals surface area contributed by atoms with E-state index >= 15 is 0 Å². The van der Waals surface area contributed by atoms with Crippen molar-refractivity contribution in [3.63, 3.8) is 0 Å². The minimum Gasteiger partial charge on any atom is -0.378 e. The van der Waals surface area contributed by atoms with Gasteiger partial charge in [0, 0.05) is 30.3 Å². The van der Waals surface area contributed by atoms with Crippen molar-refractivity contribution in [2.45, 2.75) is 0 Å². The molecule has 0 amide bonds. The van der Waals surface area contributed by atoms with Crippen molar-refractivity contribution in [2.24, 2.45) is 0 Å². The second-order valence-electron chi connectivity index (χ2n) is 3.41. The molecule has 4 nitrogen and oxygen atoms in total. The number of thiol groups is 2. The van der Waals surface area contributed by atoms with Gasteiger partial charge in [-0.2, -0.15) is 9.93 Å². The number of nitrogens with zero attached hydrogens (tertiary/aromatic N) is 2. The predicted molar refractivity (Wildman–Crippen MR) is 61.7 cm³/mol. The molecule has 0 bridgehead atoms. The molecular weight excluding hydrogens is 220 g/mol. The monoisotopic (exact) mass is 237 g/mol. The van der Waals surface area contributed by atoms with E-state index in [1.165, 1.54) is 0 Å². The highest BCUT2D eigenvalue weighted by atomic mass is 33.1. The lowest BCUT2D eigenvalue weighted by Gasteiger charge is -2.40. The zero-order valence-electron chi connectivity index (χ0n) is 8.13. The summed E-state index contributed by atoms with van der Waals surface area (Å²) in [7, 11) is 0.171. The molecule has 2 fully saturated rings. The minimum atomic E-state index is -0.214. The van der Waals surface area contributed by atoms with Gasteiger partial charge in [0.25, 0.3) is 0 Å². The minimum absolute atomic E-state index is 0.214. The molecule has 1 radical (unpaired) electrons. The molecule has 2 saturated heterocycles. The van der Waals surface area contributed by atoms with Gasteiger partial charge in [0.2, 0.25) is 0 Å². The Kier molecular flexibility index (Phi) is 4.24. The molecule has 2 aliphatic rings. The predicted octanol–water partition coefficient (Wildman–Crippen LogP) is -0.428. The maximum atomic E-state index is 10.7. The van der Waals surface area contributed by atoms with Gasteiger partial charge < -0.3 is 4.74 Å². The zero-order chi connectivity index (χ0) is 9.80. The van der Waals surface area contributed by atoms with Crippen molar-refractivity contribution in [2.75, 3.05) is 44.4 Å². The second kappa shape index (κ2) is 5.46. The van der Waals surface area contributed by atoms with Crippen LogP contribution in [-0.4, -0.2) is 58.6 Å². The van der Waals surface area contributed by atoms with E-state index < -0.39 is 0 Å². The molecule has 2 rings (SSSR count). The Morgan fingerprint density at radius 2 is 2.07 bits per heavy atom. The van der Waals surface area contributed by atoms with Gasteiger partial charge in [0.05, 0.1) is 19.8 Å². The molecular formula is C8H17N2O2S2. The number of hydrazine groups is 1. The first kappa shape index (κ1) is 10.9. The first-order valence-corrected chi connectivity index (χ1v) is 8.14. The van der Waals surface area contributed by atoms with Crippen LogP contribution in [-0.2, 0) is 15.4 Å². The zero-order valence-corrected chi connectivity index (χ0v) is 9.92. The van der Waals surface area contributed by atoms with Crippen molar-refractivity contribution < 1.29 is 8.95 Å². The highest BCUT2D eigenvalue weighted by Crippen LogP contribution is 2.27. The number of ether oxygens (including phenoxy) is 1. The van der Waals surface area contributed by atoms with Crippen molar-refractivity contribution >= 4 is 20.6 Å². The molecule has 2 heterocycles. The summed E-state index contributed by atoms with van der Waals surface area (Å²) < 4.78 is 16.0. The van der Waals surface area contributed by atoms with Gasteiger partial charge in [-0.05, 0) is 11.5 Å². The third-order valence-electron chi connectivity index (χ3n) is 2.58. The van der Waals surface area contributed by atoms with E-state index in [1.807, 2.05) is 0 Å². The molecule has 0 atom stereocenters. The van der Waals surface area contributed by atoms with E-state index in [0.29, 0.717) is 10.7 Å². The quantitative estimate of drug-likeness (QED) is 0.504. The van der Waals surface area contributed by atoms with Crippen LogP contribution in [0.1, 0.15) is 0 Å². The number of hydrogen-bond donors (Lipinski definition) is 2. The smallest absolute Gasteiger partial charge is 0.0672 e. The molecule has 0 spiro atoms. The molecule has 6 heteroatoms. The van der Waals surface area contributed by atoms with Gasteiger partial charge in [-0.3, -0.25) is 4.21 Å². The third kappa shape index (κ3) is 2.70. The normalized spacial score (nSPS) is 29.3. The fourth-order valence-electron chi connectivity index (χ4n) is 1.75. The van der Waals surface area contributed by atoms with Gasteiger partial charge in [-0.25, -0.2) is 10.0 Å². The van der Waals surface area contributed by atoms with Crippen LogP contribution in [0.4, 0.5) is 0 Å². The Morgan fingerprint density at radius 1 is 1.29 bits per heavy atom. The van der Waals surface area contributed by atoms with Crippen molar-refractivity contribution in [1.29, 1.82) is 0 Å². The van der Waals surface area contributed by atoms with Gasteiger partial charge in [-0.15, -0.1) is 0 Å². The van der Waals surface area contributed by atoms with Crippen LogP contribution in [0, 0.1) is 6.54 Å². The van der Waals surface area contributed by atoms with Gasteiger partial charge in [0.15, 0.2) is 0 Å². The summed E-state index contributed by atoms with van der Waals surface area (Å²) in [6.45, 7) is 6.72. The molecule has 2 aliphatic heterocycles. The Bertz CT molecular complexity index is 192. The molecule has 0 saturated carbocycles. The number of hydrogen-bond acceptors (Lipinski definition) is 4. The topological polar surface area (TPSA) is 32.8 Å². The summed E-state index contributed by atoms with van der Waals surface area (Å²) in [6, 6.07) is 0. The average molecular weight is 237 g/mol. The Hall–Kier alpha value is 0.380. The largest absolute Gasteiger partial charge is 0.378 e. The standard InChI is InChI=1S/C8H17N2O2S2/c11-13-14-7-3-10(4-8-14)9-1-5-12-6-2-9/h1,13-14H,2-8H2. The van der Waals surface area contributed by atoms with E-state index in [2.05, 4.69) is 16.6 Å². The molecule has 0 aromatic rings. The lowest BCUT2D eigenvalue weighted by molar-refractivity contribution is -0.0553. The number of morpholine rings is 1. The summed E-state index contributed by atoms with van der Waals surface area (Å²) in [4.78, 5) is 0. The third-order valence-corrected chi connectivity index (χ3v) is 6.14. The summed E-state index contributed by atoms with van der Waals surface area (Å²) in [6.07, 6.45) is 0. The molecule has 0 aliphatic carbocycles. The van der Waals surface area contributed by atoms with Crippen LogP contribution < -0.4 is 0 Å². The lowest BCUT2D eigenvalue weighted by Crippen LogP contribution is -2.50. The summed E-state index contributed by atoms with van der Waals surface area (Å²) in [5, 5.41) is 4.62. The SMILES string of the molecule is O=[SH][SH]1CCN(N2[CH]COCC2)CC1. The second-order valence-corrected chi connectivity index (χ2v) is 7.67. The van der Waals surface area contributed by atoms with Crippen LogP contribution >= 0.6 is 9.93 Å². The Balaban J connectivity index is 1.78. The molecule has 0 aromatic heterocycles. The van der Waals surface area contributed by atoms with Crippen molar-refractivity contribution in [1.82, 2.24) is 10.0 Å². The fourth-order valence-corrected chi connectivity index (χ4v) is 4.09. The molecule has 14 heavy (non-hydrogen) atoms. The maximum Gasteiger partial charge on any atom is 0.0672 e. The van der Waals surface area contributed by atoms with Crippen molar-refractivity contribution in [3.05, 3.63) is 6.54 Å². The highest BCUT2D eigenvalue weighted by Gasteiger charge is 2.22. The van der Waals surface area contributed by atoms with E-state index in [0.717, 1.165) is 44.4 Å². The van der Waals surface area contributed by atoms with E-state index in [-0.39, 0.29) is 9.93 Å². The van der Waals surface area contributed by atoms with E-state index in [4.69, 9.17) is 4.74 Å². The molecule has 0 N–H and O–H groups in total. The van der Waals surface area contributed by atoms with Crippen LogP contribution in [0.3, 0.4) is 0 Å². The molecule has 83 valence electrons. The molecule has 0 unspecified atom stereocenters. The van der Waals surface area contributed by atoms with E-state index in [9.17, 15) is 4.21 Å². The van der Waals surface area contributed by atoms with Gasteiger partial charge >= 0.3 is 0 Å². The van der Waals surface area contributed by atoms with Crippen LogP contribution in [0.25, 0.3) is 0 Å². The van der Waals surface area contributed by atoms with Crippen molar-refractivity contribution in [3.8, 4) is 0 Å². The Morgan fingerprint density at radius 3 is 2.64 bits per heavy atom. The average Bonchev–Trinajstić information content (AvgIpc) is 2.30. The van der Waals surface area contributed by atoms with Gasteiger partial charge in [0.1, 0.15) is 0 Å². The summed E-state index contributed by atoms with van der Waals surface area (Å²) in [5.74, 6) is 2.21. The fraction of sp³-hybridized carbons (Fsp3) is 0.875. The number of rotatable bonds is 2. The lowest BCUT2D eigenvalue weighted by atomic mass is 10.5. The van der Waals surface area contributed by atoms with Crippen LogP contribution in [0.15, 0.2) is 0 Å². The first-order chi connectivity index (χ1) is 6.90. The van der Waals surface area contributed by atoms with E-state index in [1.54, 1.807) is 0 Å². The molecule has 0 aromatic carbocycles. The van der Waals surface area contributed by atoms with Gasteiger partial charge in [-0.1, -0.05) is 0 Å².